The van der Waals surface area contributed by atoms with Gasteiger partial charge >= 0.3 is 0 Å². The van der Waals surface area contributed by atoms with Gasteiger partial charge in [0.15, 0.2) is 11.6 Å². The van der Waals surface area contributed by atoms with Crippen molar-refractivity contribution in [3.63, 3.8) is 0 Å². The number of allylic oxidation sites excluding steroid dienone is 2. The van der Waals surface area contributed by atoms with Crippen molar-refractivity contribution < 1.29 is 19.1 Å². The summed E-state index contributed by atoms with van der Waals surface area (Å²) in [5.74, 6) is -0.242. The van der Waals surface area contributed by atoms with E-state index in [0.29, 0.717) is 22.5 Å². The van der Waals surface area contributed by atoms with E-state index in [1.165, 1.54) is 12.2 Å². The fourth-order valence-corrected chi connectivity index (χ4v) is 4.22. The van der Waals surface area contributed by atoms with Gasteiger partial charge in [-0.2, -0.15) is 0 Å². The van der Waals surface area contributed by atoms with Gasteiger partial charge in [0, 0.05) is 18.2 Å². The minimum absolute atomic E-state index is 0.112. The highest BCUT2D eigenvalue weighted by Gasteiger charge is 2.52. The molecule has 0 saturated heterocycles. The van der Waals surface area contributed by atoms with Crippen LogP contribution in [0.5, 0.6) is 5.75 Å². The van der Waals surface area contributed by atoms with Gasteiger partial charge in [0.1, 0.15) is 11.3 Å². The number of Topliss-reactive ketones (excluding diaryl/α,β-unsaturated/α-hetero) is 1. The molecule has 1 atom stereocenters. The van der Waals surface area contributed by atoms with Gasteiger partial charge in [-0.3, -0.25) is 14.4 Å². The van der Waals surface area contributed by atoms with Crippen molar-refractivity contribution in [3.8, 4) is 5.75 Å². The van der Waals surface area contributed by atoms with Gasteiger partial charge in [0.25, 0.3) is 5.91 Å². The topological polar surface area (TPSA) is 63.7 Å². The fraction of sp³-hybridized carbons (Fsp3) is 0.160. The highest BCUT2D eigenvalue weighted by Crippen LogP contribution is 2.48. The molecule has 4 rings (SSSR count). The van der Waals surface area contributed by atoms with Crippen LogP contribution < -0.4 is 4.74 Å². The Morgan fingerprint density at radius 3 is 2.27 bits per heavy atom. The number of likely N-dealkylation sites (N-methyl/N-ethyl adjacent to an activating group) is 1. The number of carbonyl (C=O) groups is 3. The highest BCUT2D eigenvalue weighted by atomic mass is 16.5. The Labute approximate surface area is 175 Å². The van der Waals surface area contributed by atoms with E-state index >= 15 is 0 Å². The molecule has 2 aromatic rings. The quantitative estimate of drug-likeness (QED) is 0.582. The minimum Gasteiger partial charge on any atom is -0.497 e. The standard InChI is InChI=1S/C25H21NO4/c1-16-15-19(27)13-14-25(16)22(17-7-5-4-6-8-17)21(24(29)26(25)2)23(28)18-9-11-20(30-3)12-10-18/h4-15H,1-3H3. The minimum atomic E-state index is -0.982. The number of amides is 1. The molecule has 1 amide bonds. The van der Waals surface area contributed by atoms with Gasteiger partial charge in [0.05, 0.1) is 12.7 Å². The Morgan fingerprint density at radius 2 is 1.67 bits per heavy atom. The van der Waals surface area contributed by atoms with Crippen molar-refractivity contribution in [3.05, 3.63) is 95.1 Å². The second-order valence-corrected chi connectivity index (χ2v) is 7.37. The number of methoxy groups -OCH3 is 1. The second-order valence-electron chi connectivity index (χ2n) is 7.37. The van der Waals surface area contributed by atoms with Crippen LogP contribution in [-0.4, -0.2) is 42.1 Å². The summed E-state index contributed by atoms with van der Waals surface area (Å²) in [5, 5.41) is 0. The largest absolute Gasteiger partial charge is 0.497 e. The Bertz CT molecular complexity index is 1140. The van der Waals surface area contributed by atoms with Crippen LogP contribution in [0.1, 0.15) is 22.8 Å². The molecule has 5 heteroatoms. The molecular weight excluding hydrogens is 378 g/mol. The lowest BCUT2D eigenvalue weighted by atomic mass is 9.75. The third-order valence-electron chi connectivity index (χ3n) is 5.77. The van der Waals surface area contributed by atoms with E-state index in [-0.39, 0.29) is 23.0 Å². The molecule has 0 N–H and O–H groups in total. The summed E-state index contributed by atoms with van der Waals surface area (Å²) < 4.78 is 5.17. The summed E-state index contributed by atoms with van der Waals surface area (Å²) in [6.45, 7) is 1.81. The number of rotatable bonds is 4. The van der Waals surface area contributed by atoms with Crippen molar-refractivity contribution in [2.45, 2.75) is 12.5 Å². The van der Waals surface area contributed by atoms with E-state index in [0.717, 1.165) is 5.56 Å². The van der Waals surface area contributed by atoms with Crippen LogP contribution in [0, 0.1) is 0 Å². The number of ketones is 2. The van der Waals surface area contributed by atoms with E-state index < -0.39 is 5.54 Å². The number of hydrogen-bond donors (Lipinski definition) is 0. The Balaban J connectivity index is 1.98. The predicted molar refractivity (Wildman–Crippen MR) is 114 cm³/mol. The molecule has 0 radical (unpaired) electrons. The summed E-state index contributed by atoms with van der Waals surface area (Å²) in [6.07, 6.45) is 4.70. The third kappa shape index (κ3) is 2.82. The first-order chi connectivity index (χ1) is 14.4. The molecule has 1 aliphatic carbocycles. The number of benzene rings is 2. The van der Waals surface area contributed by atoms with Crippen molar-refractivity contribution in [1.82, 2.24) is 4.90 Å². The van der Waals surface area contributed by atoms with E-state index in [9.17, 15) is 14.4 Å². The molecular formula is C25H21NO4. The maximum atomic E-state index is 13.5. The lowest BCUT2D eigenvalue weighted by molar-refractivity contribution is -0.126. The summed E-state index contributed by atoms with van der Waals surface area (Å²) in [6, 6.07) is 16.1. The summed E-state index contributed by atoms with van der Waals surface area (Å²) >= 11 is 0. The molecule has 2 aliphatic rings. The average Bonchev–Trinajstić information content (AvgIpc) is 2.99. The van der Waals surface area contributed by atoms with Crippen LogP contribution in [-0.2, 0) is 9.59 Å². The van der Waals surface area contributed by atoms with E-state index in [1.807, 2.05) is 37.3 Å². The van der Waals surface area contributed by atoms with Gasteiger partial charge in [-0.15, -0.1) is 0 Å². The molecule has 1 spiro atoms. The second kappa shape index (κ2) is 7.26. The van der Waals surface area contributed by atoms with Gasteiger partial charge in [-0.25, -0.2) is 0 Å². The Hall–Kier alpha value is -3.73. The molecule has 0 saturated carbocycles. The van der Waals surface area contributed by atoms with Crippen molar-refractivity contribution in [1.29, 1.82) is 0 Å². The normalized spacial score (nSPS) is 20.8. The van der Waals surface area contributed by atoms with Gasteiger partial charge < -0.3 is 9.64 Å². The van der Waals surface area contributed by atoms with Crippen LogP contribution >= 0.6 is 0 Å². The SMILES string of the molecule is COc1ccc(C(=O)C2=C(c3ccccc3)C3(C=CC(=O)C=C3C)N(C)C2=O)cc1. The Kier molecular flexibility index (Phi) is 4.74. The number of ether oxygens (including phenoxy) is 1. The van der Waals surface area contributed by atoms with E-state index in [1.54, 1.807) is 49.4 Å². The smallest absolute Gasteiger partial charge is 0.259 e. The molecule has 0 fully saturated rings. The first kappa shape index (κ1) is 19.6. The number of hydrogen-bond acceptors (Lipinski definition) is 4. The van der Waals surface area contributed by atoms with Gasteiger partial charge in [-0.05, 0) is 60.6 Å². The summed E-state index contributed by atoms with van der Waals surface area (Å²) in [4.78, 5) is 40.5. The number of carbonyl (C=O) groups excluding carboxylic acids is 3. The summed E-state index contributed by atoms with van der Waals surface area (Å²) in [5.41, 5.74) is 1.58. The molecule has 1 unspecified atom stereocenters. The van der Waals surface area contributed by atoms with E-state index in [2.05, 4.69) is 0 Å². The van der Waals surface area contributed by atoms with Crippen LogP contribution in [0.25, 0.3) is 5.57 Å². The molecule has 30 heavy (non-hydrogen) atoms. The van der Waals surface area contributed by atoms with E-state index in [4.69, 9.17) is 4.74 Å². The Morgan fingerprint density at radius 1 is 1.00 bits per heavy atom. The average molecular weight is 399 g/mol. The zero-order valence-electron chi connectivity index (χ0n) is 17.0. The molecule has 5 nitrogen and oxygen atoms in total. The maximum Gasteiger partial charge on any atom is 0.259 e. The molecule has 2 aromatic carbocycles. The maximum absolute atomic E-state index is 13.5. The number of nitrogens with zero attached hydrogens (tertiary/aromatic N) is 1. The highest BCUT2D eigenvalue weighted by molar-refractivity contribution is 6.33. The van der Waals surface area contributed by atoms with Crippen molar-refractivity contribution in [2.24, 2.45) is 0 Å². The van der Waals surface area contributed by atoms with Crippen molar-refractivity contribution >= 4 is 23.0 Å². The lowest BCUT2D eigenvalue weighted by Crippen LogP contribution is -2.46. The van der Waals surface area contributed by atoms with Crippen LogP contribution in [0.3, 0.4) is 0 Å². The third-order valence-corrected chi connectivity index (χ3v) is 5.77. The van der Waals surface area contributed by atoms with Crippen LogP contribution in [0.15, 0.2) is 84.0 Å². The first-order valence-corrected chi connectivity index (χ1v) is 9.59. The van der Waals surface area contributed by atoms with Gasteiger partial charge in [0.2, 0.25) is 0 Å². The van der Waals surface area contributed by atoms with Gasteiger partial charge in [-0.1, -0.05) is 30.3 Å². The van der Waals surface area contributed by atoms with Crippen LogP contribution in [0.4, 0.5) is 0 Å². The summed E-state index contributed by atoms with van der Waals surface area (Å²) in [7, 11) is 3.22. The van der Waals surface area contributed by atoms with Crippen LogP contribution in [0.2, 0.25) is 0 Å². The first-order valence-electron chi connectivity index (χ1n) is 9.59. The molecule has 1 heterocycles. The lowest BCUT2D eigenvalue weighted by Gasteiger charge is -2.38. The molecule has 0 bridgehead atoms. The molecule has 150 valence electrons. The predicted octanol–water partition coefficient (Wildman–Crippen LogP) is 3.63. The monoisotopic (exact) mass is 399 g/mol. The molecule has 1 aliphatic heterocycles. The van der Waals surface area contributed by atoms with Crippen molar-refractivity contribution in [2.75, 3.05) is 14.2 Å². The molecule has 0 aromatic heterocycles. The fourth-order valence-electron chi connectivity index (χ4n) is 4.22. The zero-order chi connectivity index (χ0) is 21.5. The zero-order valence-corrected chi connectivity index (χ0v) is 17.0.